The molecule has 0 spiro atoms. The lowest BCUT2D eigenvalue weighted by molar-refractivity contribution is 0.0955. The van der Waals surface area contributed by atoms with E-state index in [1.54, 1.807) is 19.4 Å². The van der Waals surface area contributed by atoms with Gasteiger partial charge in [-0.25, -0.2) is 4.98 Å². The smallest absolute Gasteiger partial charge is 0.261 e. The van der Waals surface area contributed by atoms with Gasteiger partial charge in [-0.1, -0.05) is 23.7 Å². The molecule has 2 aromatic heterocycles. The maximum Gasteiger partial charge on any atom is 0.261 e. The molecule has 1 aromatic carbocycles. The van der Waals surface area contributed by atoms with Gasteiger partial charge in [0.1, 0.15) is 5.82 Å². The van der Waals surface area contributed by atoms with E-state index < -0.39 is 0 Å². The number of anilines is 1. The summed E-state index contributed by atoms with van der Waals surface area (Å²) in [7, 11) is 1.66. The highest BCUT2D eigenvalue weighted by atomic mass is 35.5. The highest BCUT2D eigenvalue weighted by molar-refractivity contribution is 7.14. The maximum atomic E-state index is 12.4. The van der Waals surface area contributed by atoms with E-state index in [2.05, 4.69) is 15.6 Å². The zero-order valence-electron chi connectivity index (χ0n) is 14.9. The van der Waals surface area contributed by atoms with Gasteiger partial charge in [0.25, 0.3) is 5.91 Å². The molecule has 8 heteroatoms. The Kier molecular flexibility index (Phi) is 6.63. The van der Waals surface area contributed by atoms with E-state index >= 15 is 0 Å². The van der Waals surface area contributed by atoms with Gasteiger partial charge in [-0.3, -0.25) is 4.79 Å². The van der Waals surface area contributed by atoms with E-state index in [0.29, 0.717) is 35.4 Å². The quantitative estimate of drug-likeness (QED) is 0.502. The summed E-state index contributed by atoms with van der Waals surface area (Å²) in [5, 5.41) is 8.67. The molecule has 0 aliphatic rings. The highest BCUT2D eigenvalue weighted by Crippen LogP contribution is 2.27. The number of nitrogen functional groups attached to an aromatic ring is 1. The molecule has 0 radical (unpaired) electrons. The molecular weight excluding hydrogens is 384 g/mol. The molecule has 2 heterocycles. The average molecular weight is 405 g/mol. The minimum Gasteiger partial charge on any atom is -0.383 e. The lowest BCUT2D eigenvalue weighted by Crippen LogP contribution is -2.21. The van der Waals surface area contributed by atoms with E-state index in [0.717, 1.165) is 27.8 Å². The van der Waals surface area contributed by atoms with E-state index in [-0.39, 0.29) is 5.91 Å². The molecule has 6 nitrogen and oxygen atoms in total. The fourth-order valence-electron chi connectivity index (χ4n) is 2.65. The molecule has 0 bridgehead atoms. The minimum atomic E-state index is -0.139. The number of methoxy groups -OCH3 is 1. The van der Waals surface area contributed by atoms with Crippen LogP contribution in [-0.2, 0) is 17.8 Å². The number of hydrogen-bond donors (Lipinski definition) is 3. The average Bonchev–Trinajstić information content (AvgIpc) is 3.04. The second kappa shape index (κ2) is 9.14. The fourth-order valence-corrected chi connectivity index (χ4v) is 3.94. The van der Waals surface area contributed by atoms with Crippen LogP contribution in [-0.4, -0.2) is 31.2 Å². The van der Waals surface area contributed by atoms with Gasteiger partial charge in [-0.2, -0.15) is 0 Å². The Hall–Kier alpha value is -2.19. The van der Waals surface area contributed by atoms with Crippen LogP contribution in [0.2, 0.25) is 5.02 Å². The largest absolute Gasteiger partial charge is 0.383 e. The van der Waals surface area contributed by atoms with Crippen molar-refractivity contribution in [3.05, 3.63) is 56.9 Å². The normalized spacial score (nSPS) is 11.0. The van der Waals surface area contributed by atoms with Crippen molar-refractivity contribution in [2.24, 2.45) is 0 Å². The first-order valence-electron chi connectivity index (χ1n) is 8.47. The van der Waals surface area contributed by atoms with Crippen LogP contribution in [0.3, 0.4) is 0 Å². The number of hydrogen-bond acceptors (Lipinski definition) is 6. The Labute approximate surface area is 166 Å². The third-order valence-electron chi connectivity index (χ3n) is 4.06. The number of halogens is 1. The molecule has 142 valence electrons. The Balaban J connectivity index is 1.61. The van der Waals surface area contributed by atoms with E-state index in [1.807, 2.05) is 24.3 Å². The Bertz CT molecular complexity index is 945. The molecule has 0 saturated carbocycles. The first-order chi connectivity index (χ1) is 13.1. The number of carbonyl (C=O) groups is 1. The number of aromatic nitrogens is 1. The van der Waals surface area contributed by atoms with Gasteiger partial charge in [-0.15, -0.1) is 11.3 Å². The summed E-state index contributed by atoms with van der Waals surface area (Å²) in [6.45, 7) is 2.40. The molecule has 0 unspecified atom stereocenters. The van der Waals surface area contributed by atoms with Gasteiger partial charge in [0, 0.05) is 43.2 Å². The predicted molar refractivity (Wildman–Crippen MR) is 110 cm³/mol. The predicted octanol–water partition coefficient (Wildman–Crippen LogP) is 3.20. The minimum absolute atomic E-state index is 0.139. The van der Waals surface area contributed by atoms with Crippen LogP contribution < -0.4 is 16.4 Å². The molecule has 3 aromatic rings. The molecule has 0 fully saturated rings. The highest BCUT2D eigenvalue weighted by Gasteiger charge is 2.13. The summed E-state index contributed by atoms with van der Waals surface area (Å²) < 4.78 is 4.99. The van der Waals surface area contributed by atoms with Crippen LogP contribution in [0.5, 0.6) is 0 Å². The summed E-state index contributed by atoms with van der Waals surface area (Å²) in [4.78, 5) is 18.1. The van der Waals surface area contributed by atoms with Gasteiger partial charge in [0.15, 0.2) is 0 Å². The number of rotatable bonds is 8. The number of ether oxygens (including phenoxy) is 1. The number of nitrogens with zero attached hydrogens (tertiary/aromatic N) is 1. The summed E-state index contributed by atoms with van der Waals surface area (Å²) >= 11 is 7.63. The molecule has 1 amide bonds. The summed E-state index contributed by atoms with van der Waals surface area (Å²) in [6.07, 6.45) is 1.68. The number of amides is 1. The van der Waals surface area contributed by atoms with E-state index in [9.17, 15) is 4.79 Å². The fraction of sp³-hybridized carbons (Fsp3) is 0.263. The number of nitrogens with one attached hydrogen (secondary N) is 2. The molecule has 0 aliphatic heterocycles. The molecule has 3 rings (SSSR count). The van der Waals surface area contributed by atoms with Crippen molar-refractivity contribution in [1.29, 1.82) is 0 Å². The van der Waals surface area contributed by atoms with Crippen molar-refractivity contribution in [3.63, 3.8) is 0 Å². The zero-order valence-corrected chi connectivity index (χ0v) is 16.5. The maximum absolute atomic E-state index is 12.4. The lowest BCUT2D eigenvalue weighted by atomic mass is 10.1. The lowest BCUT2D eigenvalue weighted by Gasteiger charge is -2.06. The van der Waals surface area contributed by atoms with Gasteiger partial charge in [-0.05, 0) is 29.1 Å². The Morgan fingerprint density at radius 3 is 2.96 bits per heavy atom. The molecule has 4 N–H and O–H groups in total. The van der Waals surface area contributed by atoms with Crippen LogP contribution in [0, 0.1) is 0 Å². The van der Waals surface area contributed by atoms with Crippen molar-refractivity contribution in [2.75, 3.05) is 26.0 Å². The Morgan fingerprint density at radius 2 is 2.15 bits per heavy atom. The molecule has 0 saturated heterocycles. The van der Waals surface area contributed by atoms with Crippen molar-refractivity contribution in [1.82, 2.24) is 15.6 Å². The third-order valence-corrected chi connectivity index (χ3v) is 5.65. The molecule has 0 atom stereocenters. The molecule has 0 aliphatic carbocycles. The second-order valence-corrected chi connectivity index (χ2v) is 7.53. The van der Waals surface area contributed by atoms with Crippen LogP contribution in [0.1, 0.15) is 20.1 Å². The van der Waals surface area contributed by atoms with Gasteiger partial charge >= 0.3 is 0 Å². The number of benzene rings is 1. The number of pyridine rings is 1. The monoisotopic (exact) mass is 404 g/mol. The zero-order chi connectivity index (χ0) is 19.2. The van der Waals surface area contributed by atoms with Crippen LogP contribution in [0.4, 0.5) is 5.82 Å². The standard InChI is InChI=1S/C19H21ClN4O2S/c1-26-7-6-22-11-17-15(20)9-16(27-17)19(25)24-10-12-2-3-14-13(8-12)4-5-23-18(14)21/h2-5,8-9,22H,6-7,10-11H2,1H3,(H2,21,23)(H,24,25). The van der Waals surface area contributed by atoms with Gasteiger partial charge in [0.2, 0.25) is 0 Å². The molecule has 27 heavy (non-hydrogen) atoms. The SMILES string of the molecule is COCCNCc1sc(C(=O)NCc2ccc3c(N)nccc3c2)cc1Cl. The third kappa shape index (κ3) is 4.95. The van der Waals surface area contributed by atoms with Crippen LogP contribution >= 0.6 is 22.9 Å². The first-order valence-corrected chi connectivity index (χ1v) is 9.67. The van der Waals surface area contributed by atoms with Crippen molar-refractivity contribution < 1.29 is 9.53 Å². The van der Waals surface area contributed by atoms with Crippen molar-refractivity contribution in [3.8, 4) is 0 Å². The van der Waals surface area contributed by atoms with Crippen LogP contribution in [0.25, 0.3) is 10.8 Å². The first kappa shape index (κ1) is 19.6. The van der Waals surface area contributed by atoms with Crippen LogP contribution in [0.15, 0.2) is 36.5 Å². The molecular formula is C19H21ClN4O2S. The topological polar surface area (TPSA) is 89.3 Å². The van der Waals surface area contributed by atoms with E-state index in [4.69, 9.17) is 22.1 Å². The van der Waals surface area contributed by atoms with Crippen molar-refractivity contribution in [2.45, 2.75) is 13.1 Å². The number of carbonyl (C=O) groups excluding carboxylic acids is 1. The van der Waals surface area contributed by atoms with Gasteiger partial charge in [0.05, 0.1) is 16.5 Å². The number of thiophene rings is 1. The van der Waals surface area contributed by atoms with Crippen molar-refractivity contribution >= 4 is 45.4 Å². The number of fused-ring (bicyclic) bond motifs is 1. The van der Waals surface area contributed by atoms with E-state index in [1.165, 1.54) is 11.3 Å². The summed E-state index contributed by atoms with van der Waals surface area (Å²) in [5.74, 6) is 0.363. The van der Waals surface area contributed by atoms with Gasteiger partial charge < -0.3 is 21.1 Å². The Morgan fingerprint density at radius 1 is 1.30 bits per heavy atom. The summed E-state index contributed by atoms with van der Waals surface area (Å²) in [5.41, 5.74) is 6.86. The second-order valence-electron chi connectivity index (χ2n) is 5.99. The number of nitrogens with two attached hydrogens (primary N) is 1. The summed E-state index contributed by atoms with van der Waals surface area (Å²) in [6, 6.07) is 9.47.